The SMILES string of the molecule is CCc1nnc(NCCc2sc(C)nc2C)nc1CC. The molecular formula is C14H21N5S. The first-order valence-corrected chi connectivity index (χ1v) is 7.84. The quantitative estimate of drug-likeness (QED) is 0.886. The van der Waals surface area contributed by atoms with Gasteiger partial charge in [-0.15, -0.1) is 16.4 Å². The first kappa shape index (κ1) is 14.8. The molecule has 0 saturated heterocycles. The van der Waals surface area contributed by atoms with E-state index in [4.69, 9.17) is 0 Å². The Morgan fingerprint density at radius 3 is 2.35 bits per heavy atom. The van der Waals surface area contributed by atoms with Crippen molar-refractivity contribution >= 4 is 17.3 Å². The first-order valence-electron chi connectivity index (χ1n) is 7.03. The van der Waals surface area contributed by atoms with E-state index < -0.39 is 0 Å². The van der Waals surface area contributed by atoms with Crippen molar-refractivity contribution < 1.29 is 0 Å². The fraction of sp³-hybridized carbons (Fsp3) is 0.571. The van der Waals surface area contributed by atoms with Gasteiger partial charge in [0.05, 0.1) is 22.1 Å². The highest BCUT2D eigenvalue weighted by atomic mass is 32.1. The minimum atomic E-state index is 0.623. The van der Waals surface area contributed by atoms with Gasteiger partial charge in [-0.05, 0) is 26.7 Å². The van der Waals surface area contributed by atoms with Crippen molar-refractivity contribution in [2.45, 2.75) is 47.0 Å². The van der Waals surface area contributed by atoms with E-state index >= 15 is 0 Å². The van der Waals surface area contributed by atoms with Gasteiger partial charge in [0.25, 0.3) is 0 Å². The molecule has 0 aromatic carbocycles. The molecule has 108 valence electrons. The van der Waals surface area contributed by atoms with E-state index in [9.17, 15) is 0 Å². The Balaban J connectivity index is 1.95. The van der Waals surface area contributed by atoms with Crippen molar-refractivity contribution in [2.24, 2.45) is 0 Å². The highest BCUT2D eigenvalue weighted by Gasteiger charge is 2.07. The molecule has 0 saturated carbocycles. The summed E-state index contributed by atoms with van der Waals surface area (Å²) in [5, 5.41) is 12.7. The molecule has 6 heteroatoms. The second-order valence-corrected chi connectivity index (χ2v) is 5.94. The van der Waals surface area contributed by atoms with Crippen molar-refractivity contribution in [1.29, 1.82) is 0 Å². The molecule has 0 atom stereocenters. The summed E-state index contributed by atoms with van der Waals surface area (Å²) in [5.41, 5.74) is 3.16. The van der Waals surface area contributed by atoms with E-state index in [0.29, 0.717) is 5.95 Å². The average molecular weight is 291 g/mol. The van der Waals surface area contributed by atoms with E-state index in [1.54, 1.807) is 11.3 Å². The maximum atomic E-state index is 4.52. The molecule has 2 aromatic rings. The van der Waals surface area contributed by atoms with Crippen LogP contribution in [0.1, 0.15) is 40.8 Å². The third-order valence-corrected chi connectivity index (χ3v) is 4.28. The predicted molar refractivity (Wildman–Crippen MR) is 82.4 cm³/mol. The molecule has 0 unspecified atom stereocenters. The fourth-order valence-electron chi connectivity index (χ4n) is 2.11. The number of hydrogen-bond acceptors (Lipinski definition) is 6. The Bertz CT molecular complexity index is 579. The van der Waals surface area contributed by atoms with Crippen molar-refractivity contribution in [3.63, 3.8) is 0 Å². The van der Waals surface area contributed by atoms with Crippen LogP contribution in [0.25, 0.3) is 0 Å². The number of rotatable bonds is 6. The molecule has 1 N–H and O–H groups in total. The van der Waals surface area contributed by atoms with Gasteiger partial charge in [0.1, 0.15) is 0 Å². The summed E-state index contributed by atoms with van der Waals surface area (Å²) in [6.07, 6.45) is 2.71. The van der Waals surface area contributed by atoms with Crippen molar-refractivity contribution in [2.75, 3.05) is 11.9 Å². The fourth-order valence-corrected chi connectivity index (χ4v) is 3.04. The Labute approximate surface area is 123 Å². The number of aryl methyl sites for hydroxylation is 4. The minimum absolute atomic E-state index is 0.623. The van der Waals surface area contributed by atoms with E-state index in [2.05, 4.69) is 46.3 Å². The standard InChI is InChI=1S/C14H21N5S/c1-5-11-12(6-2)18-19-14(17-11)15-8-7-13-9(3)16-10(4)20-13/h5-8H2,1-4H3,(H,15,17,19). The second kappa shape index (κ2) is 6.74. The molecule has 0 aliphatic heterocycles. The van der Waals surface area contributed by atoms with E-state index in [1.165, 1.54) is 4.88 Å². The normalized spacial score (nSPS) is 10.8. The van der Waals surface area contributed by atoms with Crippen molar-refractivity contribution in [3.8, 4) is 0 Å². The largest absolute Gasteiger partial charge is 0.353 e. The number of aromatic nitrogens is 4. The van der Waals surface area contributed by atoms with Crippen LogP contribution < -0.4 is 5.32 Å². The van der Waals surface area contributed by atoms with Gasteiger partial charge in [-0.25, -0.2) is 9.97 Å². The second-order valence-electron chi connectivity index (χ2n) is 4.65. The molecule has 0 bridgehead atoms. The number of thiazole rings is 1. The Hall–Kier alpha value is -1.56. The van der Waals surface area contributed by atoms with Crippen LogP contribution in [-0.4, -0.2) is 26.7 Å². The van der Waals surface area contributed by atoms with E-state index in [-0.39, 0.29) is 0 Å². The summed E-state index contributed by atoms with van der Waals surface area (Å²) in [7, 11) is 0. The summed E-state index contributed by atoms with van der Waals surface area (Å²) >= 11 is 1.76. The zero-order valence-electron chi connectivity index (χ0n) is 12.5. The molecule has 2 heterocycles. The van der Waals surface area contributed by atoms with Gasteiger partial charge in [-0.2, -0.15) is 5.10 Å². The lowest BCUT2D eigenvalue weighted by molar-refractivity contribution is 0.817. The molecule has 0 aliphatic rings. The molecule has 0 amide bonds. The number of hydrogen-bond donors (Lipinski definition) is 1. The maximum absolute atomic E-state index is 4.52. The number of anilines is 1. The van der Waals surface area contributed by atoms with E-state index in [1.807, 2.05) is 6.92 Å². The van der Waals surface area contributed by atoms with Crippen LogP contribution in [0.3, 0.4) is 0 Å². The van der Waals surface area contributed by atoms with Crippen LogP contribution in [0.15, 0.2) is 0 Å². The lowest BCUT2D eigenvalue weighted by atomic mass is 10.2. The van der Waals surface area contributed by atoms with Gasteiger partial charge in [0.2, 0.25) is 5.95 Å². The van der Waals surface area contributed by atoms with Crippen LogP contribution in [0.2, 0.25) is 0 Å². The molecule has 2 aromatic heterocycles. The van der Waals surface area contributed by atoms with Gasteiger partial charge in [0.15, 0.2) is 0 Å². The Kier molecular flexibility index (Phi) is 5.00. The van der Waals surface area contributed by atoms with Crippen LogP contribution in [0, 0.1) is 13.8 Å². The monoisotopic (exact) mass is 291 g/mol. The summed E-state index contributed by atoms with van der Waals surface area (Å²) in [5.74, 6) is 0.623. The molecule has 0 fully saturated rings. The van der Waals surface area contributed by atoms with E-state index in [0.717, 1.165) is 47.9 Å². The highest BCUT2D eigenvalue weighted by molar-refractivity contribution is 7.11. The highest BCUT2D eigenvalue weighted by Crippen LogP contribution is 2.17. The van der Waals surface area contributed by atoms with Crippen LogP contribution >= 0.6 is 11.3 Å². The lowest BCUT2D eigenvalue weighted by Gasteiger charge is -2.07. The molecule has 5 nitrogen and oxygen atoms in total. The zero-order chi connectivity index (χ0) is 14.5. The van der Waals surface area contributed by atoms with Crippen molar-refractivity contribution in [3.05, 3.63) is 27.0 Å². The Morgan fingerprint density at radius 2 is 1.75 bits per heavy atom. The van der Waals surface area contributed by atoms with Crippen LogP contribution in [0.5, 0.6) is 0 Å². The van der Waals surface area contributed by atoms with Gasteiger partial charge in [-0.1, -0.05) is 13.8 Å². The smallest absolute Gasteiger partial charge is 0.242 e. The molecular weight excluding hydrogens is 270 g/mol. The van der Waals surface area contributed by atoms with Gasteiger partial charge in [0, 0.05) is 17.8 Å². The zero-order valence-corrected chi connectivity index (χ0v) is 13.3. The number of nitrogens with zero attached hydrogens (tertiary/aromatic N) is 4. The predicted octanol–water partition coefficient (Wildman–Crippen LogP) is 2.72. The summed E-state index contributed by atoms with van der Waals surface area (Å²) in [4.78, 5) is 10.3. The molecule has 20 heavy (non-hydrogen) atoms. The summed E-state index contributed by atoms with van der Waals surface area (Å²) < 4.78 is 0. The maximum Gasteiger partial charge on any atom is 0.242 e. The van der Waals surface area contributed by atoms with Crippen molar-refractivity contribution in [1.82, 2.24) is 20.2 Å². The summed E-state index contributed by atoms with van der Waals surface area (Å²) in [6.45, 7) is 9.07. The third-order valence-electron chi connectivity index (χ3n) is 3.14. The van der Waals surface area contributed by atoms with Gasteiger partial charge >= 0.3 is 0 Å². The molecule has 2 rings (SSSR count). The van der Waals surface area contributed by atoms with Gasteiger partial charge in [-0.3, -0.25) is 0 Å². The molecule has 0 aliphatic carbocycles. The van der Waals surface area contributed by atoms with Crippen LogP contribution in [-0.2, 0) is 19.3 Å². The average Bonchev–Trinajstić information content (AvgIpc) is 2.77. The molecule has 0 spiro atoms. The summed E-state index contributed by atoms with van der Waals surface area (Å²) in [6, 6.07) is 0. The lowest BCUT2D eigenvalue weighted by Crippen LogP contribution is -2.11. The third kappa shape index (κ3) is 3.50. The van der Waals surface area contributed by atoms with Crippen LogP contribution in [0.4, 0.5) is 5.95 Å². The first-order chi connectivity index (χ1) is 9.63. The molecule has 0 radical (unpaired) electrons. The van der Waals surface area contributed by atoms with Gasteiger partial charge < -0.3 is 5.32 Å². The Morgan fingerprint density at radius 1 is 1.00 bits per heavy atom. The minimum Gasteiger partial charge on any atom is -0.353 e. The topological polar surface area (TPSA) is 63.6 Å². The number of nitrogens with one attached hydrogen (secondary N) is 1.